The first-order valence-corrected chi connectivity index (χ1v) is 4.05. The van der Waals surface area contributed by atoms with Crippen LogP contribution in [0.25, 0.3) is 0 Å². The van der Waals surface area contributed by atoms with Crippen molar-refractivity contribution >= 4 is 5.97 Å². The van der Waals surface area contributed by atoms with Gasteiger partial charge in [0.25, 0.3) is 0 Å². The molecule has 0 N–H and O–H groups in total. The number of ether oxygens (including phenoxy) is 1. The first kappa shape index (κ1) is 10.5. The Morgan fingerprint density at radius 1 is 1.36 bits per heavy atom. The van der Waals surface area contributed by atoms with Crippen molar-refractivity contribution in [2.24, 2.45) is 11.8 Å². The van der Waals surface area contributed by atoms with Gasteiger partial charge in [0.05, 0.1) is 0 Å². The molecule has 0 aliphatic carbocycles. The number of carbonyl (C=O) groups excluding carboxylic acids is 1. The summed E-state index contributed by atoms with van der Waals surface area (Å²) in [5.74, 6) is 0.558. The highest BCUT2D eigenvalue weighted by Gasteiger charge is 2.06. The fourth-order valence-corrected chi connectivity index (χ4v) is 0.593. The average molecular weight is 157 g/mol. The second-order valence-corrected chi connectivity index (χ2v) is 3.47. The molecule has 0 amide bonds. The van der Waals surface area contributed by atoms with E-state index < -0.39 is 0 Å². The molecule has 0 aliphatic rings. The Hall–Kier alpha value is -0.530. The normalized spacial score (nSPS) is 10.7. The predicted molar refractivity (Wildman–Crippen MR) is 44.7 cm³/mol. The molecule has 0 saturated carbocycles. The van der Waals surface area contributed by atoms with E-state index in [1.165, 1.54) is 0 Å². The Labute approximate surface area is 68.9 Å². The minimum absolute atomic E-state index is 0.131. The Kier molecular flexibility index (Phi) is 4.92. The Balaban J connectivity index is 3.38. The highest BCUT2D eigenvalue weighted by molar-refractivity contribution is 5.69. The number of rotatable bonds is 4. The van der Waals surface area contributed by atoms with Crippen molar-refractivity contribution < 1.29 is 9.53 Å². The summed E-state index contributed by atoms with van der Waals surface area (Å²) in [5, 5.41) is 0. The molecule has 0 heterocycles. The minimum Gasteiger partial charge on any atom is -0.458 e. The van der Waals surface area contributed by atoms with Crippen LogP contribution >= 0.6 is 0 Å². The van der Waals surface area contributed by atoms with Gasteiger partial charge in [0, 0.05) is 6.42 Å². The highest BCUT2D eigenvalue weighted by Crippen LogP contribution is 2.05. The van der Waals surface area contributed by atoms with Gasteiger partial charge in [0.15, 0.2) is 0 Å². The van der Waals surface area contributed by atoms with E-state index in [9.17, 15) is 4.79 Å². The van der Waals surface area contributed by atoms with E-state index in [4.69, 9.17) is 4.74 Å². The van der Waals surface area contributed by atoms with Crippen LogP contribution in [-0.2, 0) is 9.53 Å². The molecule has 0 aromatic heterocycles. The number of hydrogen-bond acceptors (Lipinski definition) is 2. The third-order valence-electron chi connectivity index (χ3n) is 1.05. The van der Waals surface area contributed by atoms with E-state index in [2.05, 4.69) is 0 Å². The van der Waals surface area contributed by atoms with Crippen LogP contribution in [0.4, 0.5) is 0 Å². The second kappa shape index (κ2) is 5.16. The van der Waals surface area contributed by atoms with E-state index >= 15 is 0 Å². The lowest BCUT2D eigenvalue weighted by Crippen LogP contribution is -2.07. The monoisotopic (exact) mass is 157 g/mol. The van der Waals surface area contributed by atoms with Crippen LogP contribution in [0.15, 0.2) is 0 Å². The summed E-state index contributed by atoms with van der Waals surface area (Å²) < 4.78 is 4.85. The molecule has 0 saturated heterocycles. The lowest BCUT2D eigenvalue weighted by molar-refractivity contribution is -0.141. The largest absolute Gasteiger partial charge is 0.458 e. The van der Waals surface area contributed by atoms with E-state index in [0.29, 0.717) is 18.3 Å². The summed E-state index contributed by atoms with van der Waals surface area (Å²) in [5.41, 5.74) is 0. The van der Waals surface area contributed by atoms with Gasteiger partial charge in [-0.15, -0.1) is 0 Å². The Morgan fingerprint density at radius 2 is 1.91 bits per heavy atom. The van der Waals surface area contributed by atoms with Gasteiger partial charge < -0.3 is 4.74 Å². The van der Waals surface area contributed by atoms with E-state index in [1.807, 2.05) is 27.7 Å². The SMILES string of the molecule is CC(C)[CH]OC(=O)CC(C)C. The van der Waals surface area contributed by atoms with Crippen LogP contribution in [0.1, 0.15) is 34.1 Å². The minimum atomic E-state index is -0.131. The summed E-state index contributed by atoms with van der Waals surface area (Å²) >= 11 is 0. The topological polar surface area (TPSA) is 26.3 Å². The summed E-state index contributed by atoms with van der Waals surface area (Å²) in [6, 6.07) is 0. The molecule has 11 heavy (non-hydrogen) atoms. The fourth-order valence-electron chi connectivity index (χ4n) is 0.593. The van der Waals surface area contributed by atoms with Gasteiger partial charge in [0.1, 0.15) is 6.61 Å². The fraction of sp³-hybridized carbons (Fsp3) is 0.778. The third-order valence-corrected chi connectivity index (χ3v) is 1.05. The zero-order chi connectivity index (χ0) is 8.85. The molecule has 0 bridgehead atoms. The second-order valence-electron chi connectivity index (χ2n) is 3.47. The molecule has 0 aromatic rings. The van der Waals surface area contributed by atoms with Crippen LogP contribution in [0.3, 0.4) is 0 Å². The lowest BCUT2D eigenvalue weighted by Gasteiger charge is -2.06. The van der Waals surface area contributed by atoms with Gasteiger partial charge in [-0.2, -0.15) is 0 Å². The van der Waals surface area contributed by atoms with Gasteiger partial charge in [-0.1, -0.05) is 27.7 Å². The van der Waals surface area contributed by atoms with Crippen molar-refractivity contribution in [3.05, 3.63) is 6.61 Å². The van der Waals surface area contributed by atoms with Crippen molar-refractivity contribution in [1.29, 1.82) is 0 Å². The number of hydrogen-bond donors (Lipinski definition) is 0. The molecule has 1 radical (unpaired) electrons. The van der Waals surface area contributed by atoms with Crippen LogP contribution in [-0.4, -0.2) is 5.97 Å². The van der Waals surface area contributed by atoms with Crippen molar-refractivity contribution in [3.8, 4) is 0 Å². The number of carbonyl (C=O) groups is 1. The van der Waals surface area contributed by atoms with Crippen molar-refractivity contribution in [2.75, 3.05) is 0 Å². The summed E-state index contributed by atoms with van der Waals surface area (Å²) in [4.78, 5) is 10.9. The molecule has 0 aromatic carbocycles. The van der Waals surface area contributed by atoms with Crippen LogP contribution in [0, 0.1) is 18.4 Å². The molecule has 65 valence electrons. The molecule has 2 nitrogen and oxygen atoms in total. The van der Waals surface area contributed by atoms with Crippen LogP contribution in [0.5, 0.6) is 0 Å². The highest BCUT2D eigenvalue weighted by atomic mass is 16.5. The smallest absolute Gasteiger partial charge is 0.306 e. The van der Waals surface area contributed by atoms with Crippen molar-refractivity contribution in [2.45, 2.75) is 34.1 Å². The first-order chi connectivity index (χ1) is 5.02. The molecule has 0 aliphatic heterocycles. The van der Waals surface area contributed by atoms with Gasteiger partial charge in [-0.3, -0.25) is 4.79 Å². The molecule has 0 spiro atoms. The molecule has 0 rings (SSSR count). The molecule has 2 heteroatoms. The summed E-state index contributed by atoms with van der Waals surface area (Å²) in [6.45, 7) is 9.52. The maximum atomic E-state index is 10.9. The van der Waals surface area contributed by atoms with Gasteiger partial charge in [-0.05, 0) is 11.8 Å². The van der Waals surface area contributed by atoms with Crippen molar-refractivity contribution in [3.63, 3.8) is 0 Å². The van der Waals surface area contributed by atoms with Crippen molar-refractivity contribution in [1.82, 2.24) is 0 Å². The van der Waals surface area contributed by atoms with E-state index in [1.54, 1.807) is 6.61 Å². The predicted octanol–water partition coefficient (Wildman–Crippen LogP) is 2.39. The zero-order valence-corrected chi connectivity index (χ0v) is 7.76. The quantitative estimate of drug-likeness (QED) is 0.586. The summed E-state index contributed by atoms with van der Waals surface area (Å²) in [6.07, 6.45) is 0.503. The van der Waals surface area contributed by atoms with Gasteiger partial charge >= 0.3 is 5.97 Å². The van der Waals surface area contributed by atoms with Gasteiger partial charge in [0.2, 0.25) is 0 Å². The maximum absolute atomic E-state index is 10.9. The Morgan fingerprint density at radius 3 is 2.27 bits per heavy atom. The van der Waals surface area contributed by atoms with E-state index in [0.717, 1.165) is 0 Å². The number of esters is 1. The first-order valence-electron chi connectivity index (χ1n) is 4.05. The maximum Gasteiger partial charge on any atom is 0.306 e. The third kappa shape index (κ3) is 7.37. The molecular formula is C9H17O2. The lowest BCUT2D eigenvalue weighted by atomic mass is 10.1. The average Bonchev–Trinajstić information content (AvgIpc) is 1.82. The van der Waals surface area contributed by atoms with E-state index in [-0.39, 0.29) is 5.97 Å². The molecular weight excluding hydrogens is 140 g/mol. The van der Waals surface area contributed by atoms with Crippen LogP contribution < -0.4 is 0 Å². The zero-order valence-electron chi connectivity index (χ0n) is 7.76. The molecule has 0 unspecified atom stereocenters. The Bertz CT molecular complexity index is 117. The van der Waals surface area contributed by atoms with Gasteiger partial charge in [-0.25, -0.2) is 0 Å². The summed E-state index contributed by atoms with van der Waals surface area (Å²) in [7, 11) is 0. The standard InChI is InChI=1S/C9H17O2/c1-7(2)5-9(10)11-6-8(3)4/h6-8H,5H2,1-4H3. The van der Waals surface area contributed by atoms with Crippen LogP contribution in [0.2, 0.25) is 0 Å². The molecule has 0 fully saturated rings. The molecule has 0 atom stereocenters.